The van der Waals surface area contributed by atoms with Crippen LogP contribution in [0.25, 0.3) is 28.0 Å². The van der Waals surface area contributed by atoms with Crippen LogP contribution >= 0.6 is 23.4 Å². The smallest absolute Gasteiger partial charge is 0.301 e. The minimum absolute atomic E-state index is 0.0985. The third kappa shape index (κ3) is 7.88. The number of fused-ring (bicyclic) bond motifs is 2. The van der Waals surface area contributed by atoms with Gasteiger partial charge in [-0.2, -0.15) is 16.7 Å². The molecule has 0 saturated carbocycles. The maximum Gasteiger partial charge on any atom is 0.301 e. The van der Waals surface area contributed by atoms with Gasteiger partial charge in [0.25, 0.3) is 0 Å². The Balaban J connectivity index is 1.25. The van der Waals surface area contributed by atoms with Gasteiger partial charge in [0.1, 0.15) is 18.9 Å². The minimum atomic E-state index is -2.00. The average molecular weight is 716 g/mol. The predicted octanol–water partition coefficient (Wildman–Crippen LogP) is 8.52. The number of hydrogen-bond acceptors (Lipinski definition) is 8. The fraction of sp³-hybridized carbons (Fsp3) is 0.600. The fourth-order valence-electron chi connectivity index (χ4n) is 5.91. The van der Waals surface area contributed by atoms with Crippen molar-refractivity contribution >= 4 is 56.5 Å². The van der Waals surface area contributed by atoms with Gasteiger partial charge in [0.15, 0.2) is 20.1 Å². The summed E-state index contributed by atoms with van der Waals surface area (Å²) in [5.74, 6) is 2.24. The van der Waals surface area contributed by atoms with Crippen LogP contribution in [0, 0.1) is 0 Å². The van der Waals surface area contributed by atoms with Crippen molar-refractivity contribution in [2.45, 2.75) is 102 Å². The van der Waals surface area contributed by atoms with E-state index in [1.165, 1.54) is 16.9 Å². The van der Waals surface area contributed by atoms with Gasteiger partial charge < -0.3 is 23.4 Å². The Labute approximate surface area is 291 Å². The van der Waals surface area contributed by atoms with Gasteiger partial charge in [0, 0.05) is 26.0 Å². The molecule has 0 spiro atoms. The van der Waals surface area contributed by atoms with E-state index in [0.717, 1.165) is 29.3 Å². The van der Waals surface area contributed by atoms with E-state index in [-0.39, 0.29) is 36.2 Å². The Morgan fingerprint density at radius 1 is 0.979 bits per heavy atom. The van der Waals surface area contributed by atoms with E-state index >= 15 is 0 Å². The van der Waals surface area contributed by atoms with Gasteiger partial charge >= 0.3 is 6.01 Å². The lowest BCUT2D eigenvalue weighted by molar-refractivity contribution is 0.00691. The second-order valence-electron chi connectivity index (χ2n) is 15.6. The van der Waals surface area contributed by atoms with Gasteiger partial charge in [-0.25, -0.2) is 4.98 Å². The topological polar surface area (TPSA) is 76.9 Å². The summed E-state index contributed by atoms with van der Waals surface area (Å²) in [7, 11) is -3.25. The molecule has 0 unspecified atom stereocenters. The van der Waals surface area contributed by atoms with Crippen LogP contribution in [0.1, 0.15) is 32.8 Å². The number of nitrogens with zero attached hydrogens (tertiary/aromatic N) is 3. The van der Waals surface area contributed by atoms with Crippen molar-refractivity contribution in [1.82, 2.24) is 14.5 Å². The zero-order chi connectivity index (χ0) is 33.6. The van der Waals surface area contributed by atoms with Crippen LogP contribution in [0.5, 0.6) is 6.01 Å². The predicted molar refractivity (Wildman–Crippen MR) is 198 cm³/mol. The highest BCUT2D eigenvalue weighted by molar-refractivity contribution is 7.99. The number of halogens is 1. The largest absolute Gasteiger partial charge is 0.456 e. The summed E-state index contributed by atoms with van der Waals surface area (Å²) in [5.41, 5.74) is 5.64. The molecule has 2 saturated heterocycles. The van der Waals surface area contributed by atoms with E-state index in [4.69, 9.17) is 44.9 Å². The van der Waals surface area contributed by atoms with E-state index in [2.05, 4.69) is 83.8 Å². The first kappa shape index (κ1) is 35.1. The molecule has 3 aromatic rings. The number of pyridine rings is 1. The number of allylic oxidation sites excluding steroid dienone is 1. The van der Waals surface area contributed by atoms with Crippen molar-refractivity contribution in [3.63, 3.8) is 0 Å². The Bertz CT molecular complexity index is 1600. The third-order valence-electron chi connectivity index (χ3n) is 9.84. The second-order valence-corrected chi connectivity index (χ2v) is 27.6. The van der Waals surface area contributed by atoms with Crippen molar-refractivity contribution in [1.29, 1.82) is 0 Å². The van der Waals surface area contributed by atoms with Crippen LogP contribution in [-0.2, 0) is 25.4 Å². The molecule has 2 aromatic heterocycles. The number of ether oxygens (including phenoxy) is 4. The molecule has 8 nitrogen and oxygen atoms in total. The van der Waals surface area contributed by atoms with E-state index in [9.17, 15) is 0 Å². The Kier molecular flexibility index (Phi) is 10.4. The lowest BCUT2D eigenvalue weighted by Crippen LogP contribution is -2.47. The molecule has 0 aliphatic carbocycles. The van der Waals surface area contributed by atoms with Crippen molar-refractivity contribution in [3.8, 4) is 17.3 Å². The molecule has 4 atom stereocenters. The van der Waals surface area contributed by atoms with Crippen LogP contribution in [-0.4, -0.2) is 86.7 Å². The minimum Gasteiger partial charge on any atom is -0.456 e. The SMILES string of the molecule is CC(C)(C)[Si](C)(C)O[C@@H]1CO[C@H]2[C@@H]1OC[C@H]2Oc1nc2nc(-c3ccc(C4=CCSCC4)cc3)c(Cl)cc2n1COCC[Si](C)(C)C. The van der Waals surface area contributed by atoms with Crippen molar-refractivity contribution in [2.24, 2.45) is 0 Å². The summed E-state index contributed by atoms with van der Waals surface area (Å²) in [6.45, 7) is 20.2. The zero-order valence-corrected chi connectivity index (χ0v) is 32.7. The Hall–Kier alpha value is -1.71. The Morgan fingerprint density at radius 3 is 2.32 bits per heavy atom. The zero-order valence-electron chi connectivity index (χ0n) is 29.1. The number of imidazole rings is 1. The number of benzene rings is 1. The second kappa shape index (κ2) is 13.9. The van der Waals surface area contributed by atoms with Gasteiger partial charge in [0.05, 0.1) is 35.6 Å². The van der Waals surface area contributed by atoms with Gasteiger partial charge in [-0.1, -0.05) is 82.4 Å². The molecule has 12 heteroatoms. The highest BCUT2D eigenvalue weighted by Crippen LogP contribution is 2.41. The Morgan fingerprint density at radius 2 is 1.66 bits per heavy atom. The first-order chi connectivity index (χ1) is 22.2. The van der Waals surface area contributed by atoms with Gasteiger partial charge in [-0.05, 0) is 53.6 Å². The van der Waals surface area contributed by atoms with E-state index in [0.29, 0.717) is 42.2 Å². The molecule has 0 amide bonds. The number of hydrogen-bond donors (Lipinski definition) is 0. The molecular weight excluding hydrogens is 666 g/mol. The summed E-state index contributed by atoms with van der Waals surface area (Å²) in [6, 6.07) is 12.0. The standard InChI is InChI=1S/C35H50ClN3O5SSi2/c1-35(2,3)47(7,8)44-29-21-42-31-28(20-41-32(29)31)43-34-38-33-27(39(34)22-40-15-18-46(4,5)6)19-26(36)30(37-33)25-11-9-23(10-12-25)24-13-16-45-17-14-24/h9-13,19,28-29,31-32H,14-18,20-22H2,1-8H3/t28-,29-,31-,32-/m1/s1. The molecule has 0 bridgehead atoms. The molecule has 47 heavy (non-hydrogen) atoms. The maximum absolute atomic E-state index is 6.93. The first-order valence-electron chi connectivity index (χ1n) is 16.8. The maximum atomic E-state index is 6.93. The summed E-state index contributed by atoms with van der Waals surface area (Å²) in [6.07, 6.45) is 2.56. The molecule has 3 aliphatic heterocycles. The van der Waals surface area contributed by atoms with Crippen molar-refractivity contribution in [3.05, 3.63) is 47.0 Å². The lowest BCUT2D eigenvalue weighted by atomic mass is 10.0. The molecule has 0 radical (unpaired) electrons. The van der Waals surface area contributed by atoms with Gasteiger partial charge in [-0.15, -0.1) is 0 Å². The molecule has 1 aromatic carbocycles. The third-order valence-corrected chi connectivity index (χ3v) is 17.2. The highest BCUT2D eigenvalue weighted by Gasteiger charge is 2.52. The van der Waals surface area contributed by atoms with Crippen LogP contribution in [0.4, 0.5) is 0 Å². The molecule has 3 aliphatic rings. The van der Waals surface area contributed by atoms with Crippen LogP contribution in [0.3, 0.4) is 0 Å². The van der Waals surface area contributed by atoms with Crippen LogP contribution in [0.15, 0.2) is 36.4 Å². The average Bonchev–Trinajstić information content (AvgIpc) is 3.69. The molecule has 6 rings (SSSR count). The van der Waals surface area contributed by atoms with E-state index < -0.39 is 16.4 Å². The monoisotopic (exact) mass is 715 g/mol. The van der Waals surface area contributed by atoms with Crippen LogP contribution < -0.4 is 4.74 Å². The number of thioether (sulfide) groups is 1. The van der Waals surface area contributed by atoms with E-state index in [1.807, 2.05) is 22.4 Å². The molecule has 5 heterocycles. The quantitative estimate of drug-likeness (QED) is 0.145. The van der Waals surface area contributed by atoms with Crippen LogP contribution in [0.2, 0.25) is 48.8 Å². The van der Waals surface area contributed by atoms with Gasteiger partial charge in [-0.3, -0.25) is 4.57 Å². The summed E-state index contributed by atoms with van der Waals surface area (Å²) >= 11 is 8.90. The summed E-state index contributed by atoms with van der Waals surface area (Å²) in [4.78, 5) is 9.86. The first-order valence-corrected chi connectivity index (χ1v) is 24.9. The fourth-order valence-corrected chi connectivity index (χ4v) is 9.08. The van der Waals surface area contributed by atoms with Crippen molar-refractivity contribution in [2.75, 3.05) is 31.3 Å². The summed E-state index contributed by atoms with van der Waals surface area (Å²) in [5, 5.41) is 0.656. The van der Waals surface area contributed by atoms with E-state index in [1.54, 1.807) is 0 Å². The van der Waals surface area contributed by atoms with Gasteiger partial charge in [0.2, 0.25) is 0 Å². The highest BCUT2D eigenvalue weighted by atomic mass is 35.5. The van der Waals surface area contributed by atoms with Crippen molar-refractivity contribution < 1.29 is 23.4 Å². The molecular formula is C35H50ClN3O5SSi2. The molecule has 0 N–H and O–H groups in total. The summed E-state index contributed by atoms with van der Waals surface area (Å²) < 4.78 is 34.0. The number of rotatable bonds is 11. The molecule has 2 fully saturated rings. The normalized spacial score (nSPS) is 23.7. The molecule has 256 valence electrons. The lowest BCUT2D eigenvalue weighted by Gasteiger charge is -2.39. The number of aromatic nitrogens is 3.